The van der Waals surface area contributed by atoms with Gasteiger partial charge in [0.25, 0.3) is 5.91 Å². The SMILES string of the molecule is Cc1ccc(C(=O)C2CCN(c3ccnc(C(N)=O)c3)CC2)cc1. The molecule has 2 aromatic rings. The van der Waals surface area contributed by atoms with Gasteiger partial charge in [-0.05, 0) is 31.9 Å². The van der Waals surface area contributed by atoms with Gasteiger partial charge in [-0.25, -0.2) is 0 Å². The number of aryl methyl sites for hydroxylation is 1. The fourth-order valence-corrected chi connectivity index (χ4v) is 3.10. The predicted molar refractivity (Wildman–Crippen MR) is 93.2 cm³/mol. The highest BCUT2D eigenvalue weighted by atomic mass is 16.1. The largest absolute Gasteiger partial charge is 0.371 e. The average molecular weight is 323 g/mol. The normalized spacial score (nSPS) is 15.3. The van der Waals surface area contributed by atoms with E-state index in [1.165, 1.54) is 0 Å². The molecule has 0 aliphatic carbocycles. The van der Waals surface area contributed by atoms with Crippen LogP contribution >= 0.6 is 0 Å². The van der Waals surface area contributed by atoms with Crippen LogP contribution in [0.1, 0.15) is 39.3 Å². The van der Waals surface area contributed by atoms with Crippen LogP contribution in [0.25, 0.3) is 0 Å². The molecule has 0 radical (unpaired) electrons. The van der Waals surface area contributed by atoms with E-state index in [1.807, 2.05) is 37.3 Å². The Morgan fingerprint density at radius 2 is 1.79 bits per heavy atom. The number of amides is 1. The summed E-state index contributed by atoms with van der Waals surface area (Å²) in [6, 6.07) is 11.4. The van der Waals surface area contributed by atoms with Crippen LogP contribution < -0.4 is 10.6 Å². The number of carbonyl (C=O) groups is 2. The van der Waals surface area contributed by atoms with Gasteiger partial charge in [-0.3, -0.25) is 14.6 Å². The van der Waals surface area contributed by atoms with E-state index in [4.69, 9.17) is 5.73 Å². The van der Waals surface area contributed by atoms with Crippen LogP contribution in [0.2, 0.25) is 0 Å². The topological polar surface area (TPSA) is 76.3 Å². The summed E-state index contributed by atoms with van der Waals surface area (Å²) >= 11 is 0. The van der Waals surface area contributed by atoms with Crippen LogP contribution in [0.15, 0.2) is 42.6 Å². The van der Waals surface area contributed by atoms with E-state index in [0.29, 0.717) is 0 Å². The monoisotopic (exact) mass is 323 g/mol. The molecule has 0 atom stereocenters. The number of Topliss-reactive ketones (excluding diaryl/α,β-unsaturated/α-hetero) is 1. The molecule has 1 fully saturated rings. The molecule has 5 heteroatoms. The number of aromatic nitrogens is 1. The van der Waals surface area contributed by atoms with Crippen LogP contribution in [-0.2, 0) is 0 Å². The summed E-state index contributed by atoms with van der Waals surface area (Å²) in [5.41, 5.74) is 8.43. The summed E-state index contributed by atoms with van der Waals surface area (Å²) in [6.45, 7) is 3.58. The van der Waals surface area contributed by atoms with Crippen molar-refractivity contribution in [2.45, 2.75) is 19.8 Å². The zero-order valence-electron chi connectivity index (χ0n) is 13.7. The van der Waals surface area contributed by atoms with Crippen LogP contribution in [0.3, 0.4) is 0 Å². The maximum absolute atomic E-state index is 12.6. The van der Waals surface area contributed by atoms with E-state index in [9.17, 15) is 9.59 Å². The molecule has 2 N–H and O–H groups in total. The predicted octanol–water partition coefficient (Wildman–Crippen LogP) is 2.59. The first-order valence-corrected chi connectivity index (χ1v) is 8.16. The molecule has 0 spiro atoms. The Kier molecular flexibility index (Phi) is 4.60. The van der Waals surface area contributed by atoms with Gasteiger partial charge in [0.1, 0.15) is 5.69 Å². The average Bonchev–Trinajstić information content (AvgIpc) is 2.62. The standard InChI is InChI=1S/C19H21N3O2/c1-13-2-4-14(5-3-13)18(23)15-7-10-22(11-8-15)16-6-9-21-17(12-16)19(20)24/h2-6,9,12,15H,7-8,10-11H2,1H3,(H2,20,24). The van der Waals surface area contributed by atoms with Gasteiger partial charge in [-0.15, -0.1) is 0 Å². The van der Waals surface area contributed by atoms with Gasteiger partial charge in [-0.2, -0.15) is 0 Å². The number of anilines is 1. The molecule has 1 aliphatic rings. The van der Waals surface area contributed by atoms with Crippen LogP contribution in [0.5, 0.6) is 0 Å². The number of nitrogens with two attached hydrogens (primary N) is 1. The van der Waals surface area contributed by atoms with Gasteiger partial charge in [0, 0.05) is 36.5 Å². The Bertz CT molecular complexity index is 747. The minimum absolute atomic E-state index is 0.0569. The number of hydrogen-bond acceptors (Lipinski definition) is 4. The highest BCUT2D eigenvalue weighted by Gasteiger charge is 2.26. The first-order chi connectivity index (χ1) is 11.5. The molecule has 1 saturated heterocycles. The number of piperidine rings is 1. The molecule has 124 valence electrons. The van der Waals surface area contributed by atoms with E-state index in [1.54, 1.807) is 12.3 Å². The third-order valence-corrected chi connectivity index (χ3v) is 4.56. The number of rotatable bonds is 4. The third-order valence-electron chi connectivity index (χ3n) is 4.56. The maximum atomic E-state index is 12.6. The number of carbonyl (C=O) groups excluding carboxylic acids is 2. The number of primary amides is 1. The molecular formula is C19H21N3O2. The highest BCUT2D eigenvalue weighted by molar-refractivity contribution is 5.98. The van der Waals surface area contributed by atoms with Crippen molar-refractivity contribution in [1.29, 1.82) is 0 Å². The smallest absolute Gasteiger partial charge is 0.267 e. The fourth-order valence-electron chi connectivity index (χ4n) is 3.10. The lowest BCUT2D eigenvalue weighted by molar-refractivity contribution is 0.0900. The first kappa shape index (κ1) is 16.2. The maximum Gasteiger partial charge on any atom is 0.267 e. The van der Waals surface area contributed by atoms with Crippen molar-refractivity contribution in [3.05, 3.63) is 59.4 Å². The molecule has 0 unspecified atom stereocenters. The van der Waals surface area contributed by atoms with Gasteiger partial charge in [-0.1, -0.05) is 29.8 Å². The molecular weight excluding hydrogens is 302 g/mol. The van der Waals surface area contributed by atoms with Crippen LogP contribution in [0, 0.1) is 12.8 Å². The van der Waals surface area contributed by atoms with Crippen molar-refractivity contribution >= 4 is 17.4 Å². The van der Waals surface area contributed by atoms with E-state index in [2.05, 4.69) is 9.88 Å². The quantitative estimate of drug-likeness (QED) is 0.878. The third kappa shape index (κ3) is 3.45. The Morgan fingerprint density at radius 1 is 1.12 bits per heavy atom. The zero-order chi connectivity index (χ0) is 17.1. The minimum Gasteiger partial charge on any atom is -0.371 e. The van der Waals surface area contributed by atoms with Gasteiger partial charge < -0.3 is 10.6 Å². The molecule has 2 heterocycles. The number of nitrogens with zero attached hydrogens (tertiary/aromatic N) is 2. The molecule has 3 rings (SSSR count). The number of ketones is 1. The Hall–Kier alpha value is -2.69. The van der Waals surface area contributed by atoms with Crippen LogP contribution in [0.4, 0.5) is 5.69 Å². The number of hydrogen-bond donors (Lipinski definition) is 1. The fraction of sp³-hybridized carbons (Fsp3) is 0.316. The summed E-state index contributed by atoms with van der Waals surface area (Å²) in [5.74, 6) is -0.245. The van der Waals surface area contributed by atoms with Gasteiger partial charge >= 0.3 is 0 Å². The Balaban J connectivity index is 1.65. The first-order valence-electron chi connectivity index (χ1n) is 8.16. The summed E-state index contributed by atoms with van der Waals surface area (Å²) < 4.78 is 0. The number of benzene rings is 1. The van der Waals surface area contributed by atoms with Gasteiger partial charge in [0.2, 0.25) is 0 Å². The van der Waals surface area contributed by atoms with Crippen molar-refractivity contribution < 1.29 is 9.59 Å². The van der Waals surface area contributed by atoms with E-state index in [0.717, 1.165) is 42.7 Å². The highest BCUT2D eigenvalue weighted by Crippen LogP contribution is 2.26. The van der Waals surface area contributed by atoms with Crippen molar-refractivity contribution in [3.63, 3.8) is 0 Å². The van der Waals surface area contributed by atoms with Crippen molar-refractivity contribution in [3.8, 4) is 0 Å². The lowest BCUT2D eigenvalue weighted by Gasteiger charge is -2.33. The second kappa shape index (κ2) is 6.83. The Morgan fingerprint density at radius 3 is 2.42 bits per heavy atom. The molecule has 0 saturated carbocycles. The second-order valence-corrected chi connectivity index (χ2v) is 6.26. The molecule has 1 aromatic carbocycles. The zero-order valence-corrected chi connectivity index (χ0v) is 13.7. The minimum atomic E-state index is -0.527. The van der Waals surface area contributed by atoms with E-state index < -0.39 is 5.91 Å². The van der Waals surface area contributed by atoms with Gasteiger partial charge in [0.15, 0.2) is 5.78 Å². The lowest BCUT2D eigenvalue weighted by atomic mass is 9.88. The molecule has 1 aliphatic heterocycles. The molecule has 5 nitrogen and oxygen atoms in total. The van der Waals surface area contributed by atoms with Crippen molar-refractivity contribution in [2.75, 3.05) is 18.0 Å². The summed E-state index contributed by atoms with van der Waals surface area (Å²) in [5, 5.41) is 0. The Labute approximate surface area is 141 Å². The molecule has 0 bridgehead atoms. The van der Waals surface area contributed by atoms with E-state index >= 15 is 0 Å². The molecule has 1 amide bonds. The number of pyridine rings is 1. The lowest BCUT2D eigenvalue weighted by Crippen LogP contribution is -2.36. The van der Waals surface area contributed by atoms with Crippen molar-refractivity contribution in [1.82, 2.24) is 4.98 Å². The van der Waals surface area contributed by atoms with E-state index in [-0.39, 0.29) is 17.4 Å². The summed E-state index contributed by atoms with van der Waals surface area (Å²) in [7, 11) is 0. The molecule has 24 heavy (non-hydrogen) atoms. The summed E-state index contributed by atoms with van der Waals surface area (Å²) in [4.78, 5) is 30.0. The van der Waals surface area contributed by atoms with Gasteiger partial charge in [0.05, 0.1) is 0 Å². The van der Waals surface area contributed by atoms with Crippen LogP contribution in [-0.4, -0.2) is 29.8 Å². The van der Waals surface area contributed by atoms with Crippen molar-refractivity contribution in [2.24, 2.45) is 11.7 Å². The molecule has 1 aromatic heterocycles. The second-order valence-electron chi connectivity index (χ2n) is 6.26. The summed E-state index contributed by atoms with van der Waals surface area (Å²) in [6.07, 6.45) is 3.21.